The van der Waals surface area contributed by atoms with Crippen molar-refractivity contribution in [3.8, 4) is 0 Å². The Kier molecular flexibility index (Phi) is 7.93. The third kappa shape index (κ3) is 6.08. The number of nitro benzene ring substituents is 2. The molecule has 0 heterocycles. The molecular weight excluding hydrogens is 426 g/mol. The Labute approximate surface area is 181 Å². The molecule has 0 aliphatic heterocycles. The van der Waals surface area contributed by atoms with Crippen molar-refractivity contribution in [3.05, 3.63) is 79.9 Å². The van der Waals surface area contributed by atoms with Gasteiger partial charge >= 0.3 is 11.9 Å². The lowest BCUT2D eigenvalue weighted by molar-refractivity contribution is -0.385. The van der Waals surface area contributed by atoms with Crippen LogP contribution in [-0.4, -0.2) is 45.4 Å². The Morgan fingerprint density at radius 3 is 2.19 bits per heavy atom. The van der Waals surface area contributed by atoms with E-state index in [9.17, 15) is 39.7 Å². The Hall–Kier alpha value is -4.35. The van der Waals surface area contributed by atoms with Gasteiger partial charge < -0.3 is 15.2 Å². The van der Waals surface area contributed by atoms with Gasteiger partial charge in [-0.15, -0.1) is 0 Å². The number of esters is 1. The molecule has 0 unspecified atom stereocenters. The van der Waals surface area contributed by atoms with Gasteiger partial charge in [0, 0.05) is 35.7 Å². The fraction of sp³-hybridized carbons (Fsp3) is 0.250. The minimum Gasteiger partial charge on any atom is -0.480 e. The van der Waals surface area contributed by atoms with Crippen LogP contribution < -0.4 is 5.32 Å². The Morgan fingerprint density at radius 1 is 1.03 bits per heavy atom. The van der Waals surface area contributed by atoms with Crippen molar-refractivity contribution in [2.45, 2.75) is 25.3 Å². The molecule has 2 aromatic carbocycles. The normalized spacial score (nSPS) is 12.3. The molecule has 2 aromatic rings. The number of hydrogen-bond donors (Lipinski definition) is 2. The molecule has 0 aliphatic rings. The number of carbonyl (C=O) groups excluding carboxylic acids is 2. The van der Waals surface area contributed by atoms with E-state index in [1.54, 1.807) is 6.92 Å². The summed E-state index contributed by atoms with van der Waals surface area (Å²) >= 11 is 0. The monoisotopic (exact) mass is 445 g/mol. The van der Waals surface area contributed by atoms with Crippen molar-refractivity contribution in [1.29, 1.82) is 0 Å². The van der Waals surface area contributed by atoms with Gasteiger partial charge in [-0.2, -0.15) is 0 Å². The molecule has 0 saturated carbocycles. The fourth-order valence-electron chi connectivity index (χ4n) is 2.99. The lowest BCUT2D eigenvalue weighted by Gasteiger charge is -2.24. The number of aliphatic carboxylic acids is 1. The highest BCUT2D eigenvalue weighted by molar-refractivity contribution is 5.97. The molecule has 0 aliphatic carbocycles. The highest BCUT2D eigenvalue weighted by Crippen LogP contribution is 2.27. The molecule has 32 heavy (non-hydrogen) atoms. The molecule has 1 amide bonds. The average Bonchev–Trinajstić information content (AvgIpc) is 2.76. The van der Waals surface area contributed by atoms with Gasteiger partial charge in [0.1, 0.15) is 6.04 Å². The van der Waals surface area contributed by atoms with Crippen molar-refractivity contribution >= 4 is 29.2 Å². The summed E-state index contributed by atoms with van der Waals surface area (Å²) in [5.74, 6) is -4.24. The summed E-state index contributed by atoms with van der Waals surface area (Å²) in [6.45, 7) is 1.61. The highest BCUT2D eigenvalue weighted by Gasteiger charge is 2.34. The molecule has 0 bridgehead atoms. The lowest BCUT2D eigenvalue weighted by atomic mass is 9.88. The summed E-state index contributed by atoms with van der Waals surface area (Å²) in [5, 5.41) is 33.9. The summed E-state index contributed by atoms with van der Waals surface area (Å²) in [4.78, 5) is 57.2. The Morgan fingerprint density at radius 2 is 1.66 bits per heavy atom. The fourth-order valence-corrected chi connectivity index (χ4v) is 2.99. The zero-order valence-corrected chi connectivity index (χ0v) is 16.8. The van der Waals surface area contributed by atoms with E-state index in [2.05, 4.69) is 5.32 Å². The largest absolute Gasteiger partial charge is 0.480 e. The van der Waals surface area contributed by atoms with Crippen LogP contribution in [0.2, 0.25) is 0 Å². The van der Waals surface area contributed by atoms with Crippen molar-refractivity contribution in [1.82, 2.24) is 5.32 Å². The van der Waals surface area contributed by atoms with Gasteiger partial charge in [-0.3, -0.25) is 29.8 Å². The van der Waals surface area contributed by atoms with Crippen LogP contribution in [0.5, 0.6) is 0 Å². The van der Waals surface area contributed by atoms with Gasteiger partial charge in [0.15, 0.2) is 0 Å². The highest BCUT2D eigenvalue weighted by atomic mass is 16.6. The standard InChI is InChI=1S/C20H19N3O9/c1-2-32-17(24)11-16(12-6-8-14(9-7-12)22(28)29)18(20(26)27)21-19(25)13-4-3-5-15(10-13)23(30)31/h3-10,16,18H,2,11H2,1H3,(H,21,25)(H,26,27)/t16-,18+/m0/s1. The third-order valence-corrected chi connectivity index (χ3v) is 4.50. The molecule has 0 spiro atoms. The molecule has 0 saturated heterocycles. The van der Waals surface area contributed by atoms with E-state index < -0.39 is 46.1 Å². The Balaban J connectivity index is 2.39. The summed E-state index contributed by atoms with van der Waals surface area (Å²) in [6, 6.07) is 7.95. The van der Waals surface area contributed by atoms with Crippen LogP contribution in [0.15, 0.2) is 48.5 Å². The number of ether oxygens (including phenoxy) is 1. The number of carboxylic acids is 1. The molecule has 2 rings (SSSR count). The number of rotatable bonds is 10. The number of non-ortho nitro benzene ring substituents is 2. The Bertz CT molecular complexity index is 1040. The molecule has 2 atom stereocenters. The molecule has 12 nitrogen and oxygen atoms in total. The van der Waals surface area contributed by atoms with Crippen molar-refractivity contribution < 1.29 is 34.1 Å². The first-order valence-corrected chi connectivity index (χ1v) is 9.32. The number of carbonyl (C=O) groups is 3. The number of benzene rings is 2. The second-order valence-corrected chi connectivity index (χ2v) is 6.56. The van der Waals surface area contributed by atoms with E-state index >= 15 is 0 Å². The predicted octanol–water partition coefficient (Wildman–Crippen LogP) is 2.42. The van der Waals surface area contributed by atoms with Crippen molar-refractivity contribution in [2.75, 3.05) is 6.61 Å². The summed E-state index contributed by atoms with van der Waals surface area (Å²) in [5.41, 5.74) is -0.501. The number of nitrogens with zero attached hydrogens (tertiary/aromatic N) is 2. The van der Waals surface area contributed by atoms with E-state index in [0.717, 1.165) is 18.2 Å². The third-order valence-electron chi connectivity index (χ3n) is 4.50. The molecule has 0 radical (unpaired) electrons. The van der Waals surface area contributed by atoms with Gasteiger partial charge in [0.05, 0.1) is 22.9 Å². The van der Waals surface area contributed by atoms with Crippen molar-refractivity contribution in [3.63, 3.8) is 0 Å². The van der Waals surface area contributed by atoms with E-state index in [1.807, 2.05) is 0 Å². The van der Waals surface area contributed by atoms with E-state index in [4.69, 9.17) is 4.74 Å². The number of nitrogens with one attached hydrogen (secondary N) is 1. The minimum atomic E-state index is -1.63. The van der Waals surface area contributed by atoms with Crippen LogP contribution in [-0.2, 0) is 14.3 Å². The molecular formula is C20H19N3O9. The van der Waals surface area contributed by atoms with Gasteiger partial charge in [-0.05, 0) is 18.6 Å². The second kappa shape index (κ2) is 10.6. The van der Waals surface area contributed by atoms with Gasteiger partial charge in [0.25, 0.3) is 17.3 Å². The quantitative estimate of drug-likeness (QED) is 0.315. The molecule has 168 valence electrons. The van der Waals surface area contributed by atoms with Crippen LogP contribution in [0.3, 0.4) is 0 Å². The molecule has 12 heteroatoms. The van der Waals surface area contributed by atoms with Crippen LogP contribution in [0.25, 0.3) is 0 Å². The van der Waals surface area contributed by atoms with E-state index in [-0.39, 0.29) is 29.1 Å². The average molecular weight is 445 g/mol. The zero-order chi connectivity index (χ0) is 23.8. The number of nitro groups is 2. The number of amides is 1. The van der Waals surface area contributed by atoms with Crippen molar-refractivity contribution in [2.24, 2.45) is 0 Å². The summed E-state index contributed by atoms with van der Waals surface area (Å²) < 4.78 is 4.89. The predicted molar refractivity (Wildman–Crippen MR) is 109 cm³/mol. The van der Waals surface area contributed by atoms with Gasteiger partial charge in [-0.25, -0.2) is 4.79 Å². The van der Waals surface area contributed by atoms with Crippen LogP contribution in [0, 0.1) is 20.2 Å². The minimum absolute atomic E-state index is 0.0452. The van der Waals surface area contributed by atoms with E-state index in [1.165, 1.54) is 30.3 Å². The first-order valence-electron chi connectivity index (χ1n) is 9.32. The maximum atomic E-state index is 12.6. The zero-order valence-electron chi connectivity index (χ0n) is 16.8. The van der Waals surface area contributed by atoms with Crippen LogP contribution >= 0.6 is 0 Å². The SMILES string of the molecule is CCOC(=O)C[C@@H](c1ccc([N+](=O)[O-])cc1)[C@@H](NC(=O)c1cccc([N+](=O)[O-])c1)C(=O)O. The second-order valence-electron chi connectivity index (χ2n) is 6.56. The molecule has 0 aromatic heterocycles. The van der Waals surface area contributed by atoms with Gasteiger partial charge in [-0.1, -0.05) is 18.2 Å². The summed E-state index contributed by atoms with van der Waals surface area (Å²) in [6.07, 6.45) is -0.433. The molecule has 2 N–H and O–H groups in total. The maximum Gasteiger partial charge on any atom is 0.326 e. The number of carboxylic acid groups (broad SMARTS) is 1. The van der Waals surface area contributed by atoms with Crippen LogP contribution in [0.4, 0.5) is 11.4 Å². The van der Waals surface area contributed by atoms with E-state index in [0.29, 0.717) is 0 Å². The number of hydrogen-bond acceptors (Lipinski definition) is 8. The molecule has 0 fully saturated rings. The summed E-state index contributed by atoms with van der Waals surface area (Å²) in [7, 11) is 0. The first kappa shape index (κ1) is 23.9. The first-order chi connectivity index (χ1) is 15.1. The lowest BCUT2D eigenvalue weighted by Crippen LogP contribution is -2.45. The van der Waals surface area contributed by atoms with Gasteiger partial charge in [0.2, 0.25) is 0 Å². The smallest absolute Gasteiger partial charge is 0.326 e. The maximum absolute atomic E-state index is 12.6. The topological polar surface area (TPSA) is 179 Å². The van der Waals surface area contributed by atoms with Crippen LogP contribution in [0.1, 0.15) is 35.2 Å².